The van der Waals surface area contributed by atoms with Gasteiger partial charge >= 0.3 is 12.0 Å². The molecule has 0 spiro atoms. The molecule has 0 aromatic carbocycles. The molecule has 0 aliphatic rings. The van der Waals surface area contributed by atoms with Gasteiger partial charge in [0.15, 0.2) is 0 Å². The zero-order valence-electron chi connectivity index (χ0n) is 11.2. The van der Waals surface area contributed by atoms with Crippen LogP contribution in [-0.2, 0) is 11.2 Å². The Morgan fingerprint density at radius 3 is 2.79 bits per heavy atom. The number of carboxylic acids is 1. The predicted octanol–water partition coefficient (Wildman–Crippen LogP) is 1.50. The molecule has 0 unspecified atom stereocenters. The number of nitrogens with zero attached hydrogens (tertiary/aromatic N) is 2. The van der Waals surface area contributed by atoms with Crippen molar-refractivity contribution in [2.75, 3.05) is 19.6 Å². The quantitative estimate of drug-likeness (QED) is 0.795. The maximum atomic E-state index is 11.8. The summed E-state index contributed by atoms with van der Waals surface area (Å²) >= 11 is 1.56. The lowest BCUT2D eigenvalue weighted by Crippen LogP contribution is -2.43. The second kappa shape index (κ2) is 7.73. The number of amides is 2. The van der Waals surface area contributed by atoms with E-state index in [1.54, 1.807) is 11.3 Å². The Hall–Kier alpha value is -1.63. The fraction of sp³-hybridized carbons (Fsp3) is 0.583. The molecule has 1 heterocycles. The van der Waals surface area contributed by atoms with Gasteiger partial charge in [-0.25, -0.2) is 9.78 Å². The number of carboxylic acid groups (broad SMARTS) is 1. The SMILES string of the molecule is CCCN(CC(=O)O)C(=O)NCCc1nc(C)cs1. The van der Waals surface area contributed by atoms with Gasteiger partial charge in [0, 0.05) is 30.6 Å². The smallest absolute Gasteiger partial charge is 0.323 e. The number of aromatic nitrogens is 1. The first kappa shape index (κ1) is 15.4. The van der Waals surface area contributed by atoms with Crippen LogP contribution in [0.5, 0.6) is 0 Å². The molecule has 1 rings (SSSR count). The summed E-state index contributed by atoms with van der Waals surface area (Å²) in [5.74, 6) is -1.00. The van der Waals surface area contributed by atoms with Gasteiger partial charge in [0.1, 0.15) is 6.54 Å². The first-order chi connectivity index (χ1) is 9.02. The number of thiazole rings is 1. The van der Waals surface area contributed by atoms with E-state index in [-0.39, 0.29) is 12.6 Å². The molecule has 7 heteroatoms. The standard InChI is InChI=1S/C12H19N3O3S/c1-3-6-15(7-11(16)17)12(18)13-5-4-10-14-9(2)8-19-10/h8H,3-7H2,1-2H3,(H,13,18)(H,16,17). The lowest BCUT2D eigenvalue weighted by molar-refractivity contribution is -0.137. The van der Waals surface area contributed by atoms with Crippen LogP contribution in [0.15, 0.2) is 5.38 Å². The average Bonchev–Trinajstić information content (AvgIpc) is 2.74. The minimum absolute atomic E-state index is 0.268. The topological polar surface area (TPSA) is 82.5 Å². The van der Waals surface area contributed by atoms with Gasteiger partial charge < -0.3 is 15.3 Å². The summed E-state index contributed by atoms with van der Waals surface area (Å²) in [6, 6.07) is -0.336. The third-order valence-corrected chi connectivity index (χ3v) is 3.41. The number of hydrogen-bond acceptors (Lipinski definition) is 4. The summed E-state index contributed by atoms with van der Waals surface area (Å²) in [4.78, 5) is 28.1. The van der Waals surface area contributed by atoms with E-state index in [0.29, 0.717) is 19.5 Å². The lowest BCUT2D eigenvalue weighted by Gasteiger charge is -2.20. The number of carbonyl (C=O) groups is 2. The molecule has 0 saturated carbocycles. The van der Waals surface area contributed by atoms with E-state index in [4.69, 9.17) is 5.11 Å². The van der Waals surface area contributed by atoms with Crippen molar-refractivity contribution in [3.8, 4) is 0 Å². The van der Waals surface area contributed by atoms with E-state index in [1.165, 1.54) is 4.90 Å². The third kappa shape index (κ3) is 5.69. The molecular formula is C12H19N3O3S. The van der Waals surface area contributed by atoms with Gasteiger partial charge in [-0.1, -0.05) is 6.92 Å². The van der Waals surface area contributed by atoms with E-state index in [0.717, 1.165) is 17.1 Å². The Bertz CT molecular complexity index is 434. The Morgan fingerprint density at radius 1 is 1.53 bits per heavy atom. The second-order valence-corrected chi connectivity index (χ2v) is 5.12. The van der Waals surface area contributed by atoms with Crippen LogP contribution in [0.3, 0.4) is 0 Å². The molecule has 0 aliphatic heterocycles. The monoisotopic (exact) mass is 285 g/mol. The molecule has 0 bridgehead atoms. The fourth-order valence-electron chi connectivity index (χ4n) is 1.59. The number of carbonyl (C=O) groups excluding carboxylic acids is 1. The maximum absolute atomic E-state index is 11.8. The van der Waals surface area contributed by atoms with Crippen molar-refractivity contribution < 1.29 is 14.7 Å². The van der Waals surface area contributed by atoms with E-state index >= 15 is 0 Å². The second-order valence-electron chi connectivity index (χ2n) is 4.18. The molecule has 0 aliphatic carbocycles. The molecule has 0 radical (unpaired) electrons. The molecular weight excluding hydrogens is 266 g/mol. The molecule has 2 amide bonds. The molecule has 0 fully saturated rings. The van der Waals surface area contributed by atoms with Crippen LogP contribution in [0.2, 0.25) is 0 Å². The minimum Gasteiger partial charge on any atom is -0.480 e. The molecule has 0 atom stereocenters. The van der Waals surface area contributed by atoms with Gasteiger partial charge in [-0.2, -0.15) is 0 Å². The highest BCUT2D eigenvalue weighted by Crippen LogP contribution is 2.08. The van der Waals surface area contributed by atoms with Crippen molar-refractivity contribution in [2.45, 2.75) is 26.7 Å². The first-order valence-electron chi connectivity index (χ1n) is 6.18. The maximum Gasteiger partial charge on any atom is 0.323 e. The van der Waals surface area contributed by atoms with Crippen molar-refractivity contribution in [1.29, 1.82) is 0 Å². The highest BCUT2D eigenvalue weighted by Gasteiger charge is 2.15. The van der Waals surface area contributed by atoms with Gasteiger partial charge in [-0.3, -0.25) is 4.79 Å². The number of aryl methyl sites for hydroxylation is 1. The van der Waals surface area contributed by atoms with Crippen LogP contribution in [0, 0.1) is 6.92 Å². The van der Waals surface area contributed by atoms with Crippen LogP contribution in [0.25, 0.3) is 0 Å². The predicted molar refractivity (Wildman–Crippen MR) is 73.5 cm³/mol. The van der Waals surface area contributed by atoms with E-state index in [9.17, 15) is 9.59 Å². The van der Waals surface area contributed by atoms with Crippen LogP contribution in [-0.4, -0.2) is 46.6 Å². The Kier molecular flexibility index (Phi) is 6.27. The molecule has 1 aromatic rings. The highest BCUT2D eigenvalue weighted by molar-refractivity contribution is 7.09. The minimum atomic E-state index is -1.00. The molecule has 106 valence electrons. The average molecular weight is 285 g/mol. The van der Waals surface area contributed by atoms with Crippen molar-refractivity contribution in [3.05, 3.63) is 16.1 Å². The highest BCUT2D eigenvalue weighted by atomic mass is 32.1. The van der Waals surface area contributed by atoms with Crippen molar-refractivity contribution in [2.24, 2.45) is 0 Å². The molecule has 1 aromatic heterocycles. The number of urea groups is 1. The number of aliphatic carboxylic acids is 1. The van der Waals surface area contributed by atoms with Gasteiger partial charge in [0.2, 0.25) is 0 Å². The largest absolute Gasteiger partial charge is 0.480 e. The molecule has 0 saturated heterocycles. The van der Waals surface area contributed by atoms with Gasteiger partial charge in [-0.15, -0.1) is 11.3 Å². The van der Waals surface area contributed by atoms with Crippen LogP contribution >= 0.6 is 11.3 Å². The van der Waals surface area contributed by atoms with Gasteiger partial charge in [-0.05, 0) is 13.3 Å². The first-order valence-corrected chi connectivity index (χ1v) is 7.06. The summed E-state index contributed by atoms with van der Waals surface area (Å²) in [6.45, 7) is 4.46. The van der Waals surface area contributed by atoms with Gasteiger partial charge in [0.25, 0.3) is 0 Å². The van der Waals surface area contributed by atoms with E-state index in [1.807, 2.05) is 19.2 Å². The third-order valence-electron chi connectivity index (χ3n) is 2.39. The van der Waals surface area contributed by atoms with E-state index < -0.39 is 5.97 Å². The summed E-state index contributed by atoms with van der Waals surface area (Å²) in [5.41, 5.74) is 0.977. The Morgan fingerprint density at radius 2 is 2.26 bits per heavy atom. The summed E-state index contributed by atoms with van der Waals surface area (Å²) in [5, 5.41) is 14.4. The fourth-order valence-corrected chi connectivity index (χ4v) is 2.37. The zero-order chi connectivity index (χ0) is 14.3. The summed E-state index contributed by atoms with van der Waals surface area (Å²) < 4.78 is 0. The zero-order valence-corrected chi connectivity index (χ0v) is 12.0. The lowest BCUT2D eigenvalue weighted by atomic mass is 10.4. The number of rotatable bonds is 7. The summed E-state index contributed by atoms with van der Waals surface area (Å²) in [6.07, 6.45) is 1.39. The molecule has 2 N–H and O–H groups in total. The normalized spacial score (nSPS) is 10.2. The van der Waals surface area contributed by atoms with E-state index in [2.05, 4.69) is 10.3 Å². The molecule has 19 heavy (non-hydrogen) atoms. The number of hydrogen-bond donors (Lipinski definition) is 2. The van der Waals surface area contributed by atoms with Crippen molar-refractivity contribution >= 4 is 23.3 Å². The van der Waals surface area contributed by atoms with Crippen LogP contribution in [0.1, 0.15) is 24.0 Å². The van der Waals surface area contributed by atoms with Gasteiger partial charge in [0.05, 0.1) is 5.01 Å². The van der Waals surface area contributed by atoms with Crippen LogP contribution < -0.4 is 5.32 Å². The molecule has 6 nitrogen and oxygen atoms in total. The van der Waals surface area contributed by atoms with Crippen LogP contribution in [0.4, 0.5) is 4.79 Å². The van der Waals surface area contributed by atoms with Crippen molar-refractivity contribution in [1.82, 2.24) is 15.2 Å². The number of nitrogens with one attached hydrogen (secondary N) is 1. The Labute approximate surface area is 116 Å². The summed E-state index contributed by atoms with van der Waals surface area (Å²) in [7, 11) is 0. The van der Waals surface area contributed by atoms with Crippen molar-refractivity contribution in [3.63, 3.8) is 0 Å². The Balaban J connectivity index is 2.37.